The number of hydrogen-bond donors (Lipinski definition) is 1. The molecule has 20 heavy (non-hydrogen) atoms. The van der Waals surface area contributed by atoms with Crippen LogP contribution < -0.4 is 5.32 Å². The third-order valence-corrected chi connectivity index (χ3v) is 4.33. The zero-order valence-electron chi connectivity index (χ0n) is 12.4. The van der Waals surface area contributed by atoms with E-state index in [0.717, 1.165) is 24.8 Å². The quantitative estimate of drug-likeness (QED) is 0.818. The van der Waals surface area contributed by atoms with Crippen molar-refractivity contribution < 1.29 is 9.18 Å². The lowest BCUT2D eigenvalue weighted by Crippen LogP contribution is -2.15. The highest BCUT2D eigenvalue weighted by atomic mass is 19.1. The Kier molecular flexibility index (Phi) is 5.16. The van der Waals surface area contributed by atoms with Crippen LogP contribution in [0, 0.1) is 11.7 Å². The number of amides is 1. The monoisotopic (exact) mass is 277 g/mol. The van der Waals surface area contributed by atoms with Crippen molar-refractivity contribution in [3.05, 3.63) is 29.6 Å². The minimum Gasteiger partial charge on any atom is -0.326 e. The molecule has 1 amide bonds. The van der Waals surface area contributed by atoms with Crippen molar-refractivity contribution in [1.82, 2.24) is 0 Å². The molecule has 1 aromatic rings. The van der Waals surface area contributed by atoms with Crippen LogP contribution in [0.1, 0.15) is 63.9 Å². The molecule has 0 saturated heterocycles. The van der Waals surface area contributed by atoms with E-state index in [2.05, 4.69) is 19.2 Å². The molecule has 1 aliphatic carbocycles. The Balaban J connectivity index is 2.00. The third kappa shape index (κ3) is 4.06. The molecule has 2 rings (SSSR count). The minimum absolute atomic E-state index is 0.0117. The van der Waals surface area contributed by atoms with E-state index in [1.807, 2.05) is 6.07 Å². The van der Waals surface area contributed by atoms with Gasteiger partial charge in [-0.25, -0.2) is 4.39 Å². The standard InChI is InChI=1S/C17H24FNO/c1-3-12(2)14-9-15(18)11-16(10-14)19-17(20)8-13-6-4-5-7-13/h9-13H,3-8H2,1-2H3,(H,19,20). The summed E-state index contributed by atoms with van der Waals surface area (Å²) >= 11 is 0. The average Bonchev–Trinajstić information content (AvgIpc) is 2.89. The molecule has 0 bridgehead atoms. The van der Waals surface area contributed by atoms with Gasteiger partial charge in [-0.05, 0) is 54.9 Å². The fraction of sp³-hybridized carbons (Fsp3) is 0.588. The summed E-state index contributed by atoms with van der Waals surface area (Å²) in [6, 6.07) is 4.85. The van der Waals surface area contributed by atoms with Crippen molar-refractivity contribution in [3.63, 3.8) is 0 Å². The summed E-state index contributed by atoms with van der Waals surface area (Å²) in [6.45, 7) is 4.15. The summed E-state index contributed by atoms with van der Waals surface area (Å²) in [5, 5.41) is 2.85. The first kappa shape index (κ1) is 15.0. The van der Waals surface area contributed by atoms with Crippen LogP contribution in [0.15, 0.2) is 18.2 Å². The van der Waals surface area contributed by atoms with Crippen LogP contribution in [0.3, 0.4) is 0 Å². The van der Waals surface area contributed by atoms with Gasteiger partial charge in [0, 0.05) is 12.1 Å². The molecule has 1 atom stereocenters. The maximum absolute atomic E-state index is 13.6. The number of anilines is 1. The van der Waals surface area contributed by atoms with Gasteiger partial charge in [0.1, 0.15) is 5.82 Å². The number of benzene rings is 1. The van der Waals surface area contributed by atoms with Crippen molar-refractivity contribution in [1.29, 1.82) is 0 Å². The first-order chi connectivity index (χ1) is 9.58. The van der Waals surface area contributed by atoms with Gasteiger partial charge in [0.05, 0.1) is 0 Å². The van der Waals surface area contributed by atoms with Gasteiger partial charge in [0.15, 0.2) is 0 Å². The molecule has 1 aromatic carbocycles. The molecule has 0 aromatic heterocycles. The van der Waals surface area contributed by atoms with Crippen molar-refractivity contribution in [3.8, 4) is 0 Å². The number of halogens is 1. The first-order valence-electron chi connectivity index (χ1n) is 7.68. The molecule has 3 heteroatoms. The van der Waals surface area contributed by atoms with Gasteiger partial charge in [-0.15, -0.1) is 0 Å². The molecule has 0 spiro atoms. The Morgan fingerprint density at radius 2 is 2.05 bits per heavy atom. The van der Waals surface area contributed by atoms with Crippen LogP contribution in [0.4, 0.5) is 10.1 Å². The Morgan fingerprint density at radius 1 is 1.35 bits per heavy atom. The zero-order valence-corrected chi connectivity index (χ0v) is 12.4. The van der Waals surface area contributed by atoms with Crippen molar-refractivity contribution in [2.45, 2.75) is 58.3 Å². The molecule has 1 fully saturated rings. The predicted octanol–water partition coefficient (Wildman–Crippen LogP) is 4.86. The van der Waals surface area contributed by atoms with Gasteiger partial charge in [0.25, 0.3) is 0 Å². The molecule has 1 N–H and O–H groups in total. The van der Waals surface area contributed by atoms with E-state index in [1.165, 1.54) is 18.9 Å². The van der Waals surface area contributed by atoms with E-state index in [1.54, 1.807) is 6.07 Å². The van der Waals surface area contributed by atoms with E-state index >= 15 is 0 Å². The number of hydrogen-bond acceptors (Lipinski definition) is 1. The Morgan fingerprint density at radius 3 is 2.70 bits per heavy atom. The molecule has 0 aliphatic heterocycles. The van der Waals surface area contributed by atoms with Crippen LogP contribution in [-0.4, -0.2) is 5.91 Å². The second-order valence-corrected chi connectivity index (χ2v) is 5.99. The smallest absolute Gasteiger partial charge is 0.224 e. The Labute approximate surface area is 120 Å². The highest BCUT2D eigenvalue weighted by Crippen LogP contribution is 2.28. The first-order valence-corrected chi connectivity index (χ1v) is 7.68. The molecule has 0 radical (unpaired) electrons. The summed E-state index contributed by atoms with van der Waals surface area (Å²) in [7, 11) is 0. The Bertz CT molecular complexity index is 466. The van der Waals surface area contributed by atoms with Gasteiger partial charge in [-0.3, -0.25) is 4.79 Å². The largest absolute Gasteiger partial charge is 0.326 e. The van der Waals surface area contributed by atoms with Crippen LogP contribution in [0.5, 0.6) is 0 Å². The van der Waals surface area contributed by atoms with Crippen molar-refractivity contribution in [2.24, 2.45) is 5.92 Å². The number of carbonyl (C=O) groups is 1. The highest BCUT2D eigenvalue weighted by molar-refractivity contribution is 5.91. The van der Waals surface area contributed by atoms with Crippen LogP contribution in [0.2, 0.25) is 0 Å². The van der Waals surface area contributed by atoms with Crippen LogP contribution in [-0.2, 0) is 4.79 Å². The molecule has 1 unspecified atom stereocenters. The van der Waals surface area contributed by atoms with Gasteiger partial charge < -0.3 is 5.32 Å². The molecule has 110 valence electrons. The lowest BCUT2D eigenvalue weighted by atomic mass is 9.98. The van der Waals surface area contributed by atoms with Gasteiger partial charge >= 0.3 is 0 Å². The summed E-state index contributed by atoms with van der Waals surface area (Å²) in [5.74, 6) is 0.547. The highest BCUT2D eigenvalue weighted by Gasteiger charge is 2.18. The Hall–Kier alpha value is -1.38. The van der Waals surface area contributed by atoms with Crippen LogP contribution >= 0.6 is 0 Å². The molecule has 2 nitrogen and oxygen atoms in total. The molecular weight excluding hydrogens is 253 g/mol. The van der Waals surface area contributed by atoms with E-state index < -0.39 is 0 Å². The topological polar surface area (TPSA) is 29.1 Å². The fourth-order valence-corrected chi connectivity index (χ4v) is 2.89. The fourth-order valence-electron chi connectivity index (χ4n) is 2.89. The van der Waals surface area contributed by atoms with Gasteiger partial charge in [-0.2, -0.15) is 0 Å². The van der Waals surface area contributed by atoms with E-state index in [9.17, 15) is 9.18 Å². The van der Waals surface area contributed by atoms with Crippen molar-refractivity contribution in [2.75, 3.05) is 5.32 Å². The lowest BCUT2D eigenvalue weighted by Gasteiger charge is -2.13. The molecular formula is C17H24FNO. The maximum atomic E-state index is 13.6. The van der Waals surface area contributed by atoms with E-state index in [0.29, 0.717) is 23.9 Å². The third-order valence-electron chi connectivity index (χ3n) is 4.33. The number of carbonyl (C=O) groups excluding carboxylic acids is 1. The second-order valence-electron chi connectivity index (χ2n) is 5.99. The van der Waals surface area contributed by atoms with E-state index in [4.69, 9.17) is 0 Å². The number of nitrogens with one attached hydrogen (secondary N) is 1. The van der Waals surface area contributed by atoms with Gasteiger partial charge in [0.2, 0.25) is 5.91 Å². The summed E-state index contributed by atoms with van der Waals surface area (Å²) in [4.78, 5) is 12.0. The normalized spacial score (nSPS) is 17.1. The summed E-state index contributed by atoms with van der Waals surface area (Å²) < 4.78 is 13.6. The van der Waals surface area contributed by atoms with Gasteiger partial charge in [-0.1, -0.05) is 26.7 Å². The second kappa shape index (κ2) is 6.87. The van der Waals surface area contributed by atoms with Crippen molar-refractivity contribution >= 4 is 11.6 Å². The molecule has 1 aliphatic rings. The molecule has 0 heterocycles. The van der Waals surface area contributed by atoms with Crippen LogP contribution in [0.25, 0.3) is 0 Å². The summed E-state index contributed by atoms with van der Waals surface area (Å²) in [5.41, 5.74) is 1.53. The summed E-state index contributed by atoms with van der Waals surface area (Å²) in [6.07, 6.45) is 6.28. The SMILES string of the molecule is CCC(C)c1cc(F)cc(NC(=O)CC2CCCC2)c1. The van der Waals surface area contributed by atoms with E-state index in [-0.39, 0.29) is 11.7 Å². The maximum Gasteiger partial charge on any atom is 0.224 e. The molecule has 1 saturated carbocycles. The minimum atomic E-state index is -0.279. The number of rotatable bonds is 5. The lowest BCUT2D eigenvalue weighted by molar-refractivity contribution is -0.117. The average molecular weight is 277 g/mol. The predicted molar refractivity (Wildman–Crippen MR) is 80.3 cm³/mol. The zero-order chi connectivity index (χ0) is 14.5.